The van der Waals surface area contributed by atoms with Gasteiger partial charge in [-0.25, -0.2) is 0 Å². The van der Waals surface area contributed by atoms with Crippen molar-refractivity contribution in [2.45, 2.75) is 38.6 Å². The first-order valence-corrected chi connectivity index (χ1v) is 10.0. The molecule has 0 aliphatic carbocycles. The van der Waals surface area contributed by atoms with Crippen LogP contribution in [0.4, 0.5) is 0 Å². The van der Waals surface area contributed by atoms with Gasteiger partial charge in [0.2, 0.25) is 11.8 Å². The lowest BCUT2D eigenvalue weighted by atomic mass is 10.1. The van der Waals surface area contributed by atoms with Gasteiger partial charge in [-0.15, -0.1) is 0 Å². The molecule has 1 aromatic carbocycles. The van der Waals surface area contributed by atoms with Gasteiger partial charge in [0.25, 0.3) is 0 Å². The molecule has 0 bridgehead atoms. The normalized spacial score (nSPS) is 18.3. The maximum absolute atomic E-state index is 12.9. The van der Waals surface area contributed by atoms with Crippen LogP contribution in [0, 0.1) is 0 Å². The summed E-state index contributed by atoms with van der Waals surface area (Å²) in [6.45, 7) is 5.29. The molecule has 0 aromatic heterocycles. The number of rotatable bonds is 7. The summed E-state index contributed by atoms with van der Waals surface area (Å²) in [4.78, 5) is 31.0. The van der Waals surface area contributed by atoms with E-state index in [0.717, 1.165) is 38.0 Å². The molecule has 0 unspecified atom stereocenters. The minimum Gasteiger partial charge on any atom is -0.336 e. The van der Waals surface area contributed by atoms with Crippen molar-refractivity contribution in [1.29, 1.82) is 0 Å². The first kappa shape index (κ1) is 19.2. The first-order valence-electron chi connectivity index (χ1n) is 9.64. The Hall–Kier alpha value is -1.59. The summed E-state index contributed by atoms with van der Waals surface area (Å²) in [5.41, 5.74) is 1.06. The van der Waals surface area contributed by atoms with Crippen molar-refractivity contribution < 1.29 is 9.59 Å². The summed E-state index contributed by atoms with van der Waals surface area (Å²) in [5.74, 6) is 0.144. The molecule has 0 saturated carbocycles. The van der Waals surface area contributed by atoms with Crippen LogP contribution < -0.4 is 0 Å². The minimum absolute atomic E-state index is 0.0365. The van der Waals surface area contributed by atoms with Crippen molar-refractivity contribution >= 4 is 23.4 Å². The van der Waals surface area contributed by atoms with Gasteiger partial charge in [0.15, 0.2) is 0 Å². The molecule has 2 saturated heterocycles. The number of amides is 2. The average molecular weight is 378 g/mol. The third-order valence-electron chi connectivity index (χ3n) is 5.27. The fourth-order valence-electron chi connectivity index (χ4n) is 3.66. The quantitative estimate of drug-likeness (QED) is 0.733. The van der Waals surface area contributed by atoms with Gasteiger partial charge in [0, 0.05) is 37.6 Å². The number of nitrogens with zero attached hydrogens (tertiary/aromatic N) is 3. The topological polar surface area (TPSA) is 43.9 Å². The van der Waals surface area contributed by atoms with Crippen molar-refractivity contribution in [3.8, 4) is 0 Å². The lowest BCUT2D eigenvalue weighted by molar-refractivity contribution is -0.142. The molecule has 2 amide bonds. The molecule has 2 aliphatic rings. The molecule has 3 rings (SSSR count). The number of hydrogen-bond acceptors (Lipinski definition) is 3. The van der Waals surface area contributed by atoms with Crippen LogP contribution in [0.25, 0.3) is 0 Å². The van der Waals surface area contributed by atoms with Crippen LogP contribution in [-0.2, 0) is 16.1 Å². The fraction of sp³-hybridized carbons (Fsp3) is 0.600. The largest absolute Gasteiger partial charge is 0.336 e. The Balaban J connectivity index is 1.62. The number of piperidine rings is 1. The third kappa shape index (κ3) is 5.45. The van der Waals surface area contributed by atoms with Gasteiger partial charge >= 0.3 is 0 Å². The first-order chi connectivity index (χ1) is 12.6. The molecule has 0 N–H and O–H groups in total. The van der Waals surface area contributed by atoms with E-state index in [9.17, 15) is 9.59 Å². The Bertz CT molecular complexity index is 614. The zero-order valence-electron chi connectivity index (χ0n) is 15.3. The molecule has 26 heavy (non-hydrogen) atoms. The molecule has 0 radical (unpaired) electrons. The maximum atomic E-state index is 12.9. The number of carbonyl (C=O) groups is 2. The van der Waals surface area contributed by atoms with Gasteiger partial charge in [0.1, 0.15) is 0 Å². The summed E-state index contributed by atoms with van der Waals surface area (Å²) in [6, 6.07) is 7.64. The summed E-state index contributed by atoms with van der Waals surface area (Å²) < 4.78 is 0. The van der Waals surface area contributed by atoms with E-state index < -0.39 is 0 Å². The number of benzene rings is 1. The SMILES string of the molecule is O=C1CCCCN1CC(=O)N(CCN1CCCC1)Cc1ccc(Cl)cc1. The highest BCUT2D eigenvalue weighted by atomic mass is 35.5. The van der Waals surface area contributed by atoms with Crippen molar-refractivity contribution in [1.82, 2.24) is 14.7 Å². The van der Waals surface area contributed by atoms with Crippen LogP contribution in [-0.4, -0.2) is 65.8 Å². The predicted molar refractivity (Wildman–Crippen MR) is 103 cm³/mol. The fourth-order valence-corrected chi connectivity index (χ4v) is 3.79. The van der Waals surface area contributed by atoms with E-state index in [1.165, 1.54) is 12.8 Å². The molecule has 6 heteroatoms. The van der Waals surface area contributed by atoms with E-state index in [0.29, 0.717) is 31.1 Å². The Labute approximate surface area is 160 Å². The highest BCUT2D eigenvalue weighted by molar-refractivity contribution is 6.30. The number of halogens is 1. The molecule has 1 aromatic rings. The smallest absolute Gasteiger partial charge is 0.242 e. The summed E-state index contributed by atoms with van der Waals surface area (Å²) in [6.07, 6.45) is 4.98. The second kappa shape index (κ2) is 9.38. The van der Waals surface area contributed by atoms with Crippen LogP contribution in [0.1, 0.15) is 37.7 Å². The van der Waals surface area contributed by atoms with Crippen LogP contribution in [0.2, 0.25) is 5.02 Å². The second-order valence-corrected chi connectivity index (χ2v) is 7.70. The van der Waals surface area contributed by atoms with E-state index in [1.807, 2.05) is 29.2 Å². The van der Waals surface area contributed by atoms with E-state index in [1.54, 1.807) is 4.90 Å². The van der Waals surface area contributed by atoms with Crippen molar-refractivity contribution in [3.05, 3.63) is 34.9 Å². The van der Waals surface area contributed by atoms with Crippen LogP contribution in [0.15, 0.2) is 24.3 Å². The average Bonchev–Trinajstić information content (AvgIpc) is 3.15. The van der Waals surface area contributed by atoms with Gasteiger partial charge in [-0.2, -0.15) is 0 Å². The van der Waals surface area contributed by atoms with Gasteiger partial charge in [-0.05, 0) is 56.5 Å². The van der Waals surface area contributed by atoms with Crippen LogP contribution in [0.5, 0.6) is 0 Å². The summed E-state index contributed by atoms with van der Waals surface area (Å²) >= 11 is 5.97. The molecule has 2 heterocycles. The molecule has 2 aliphatic heterocycles. The van der Waals surface area contributed by atoms with Gasteiger partial charge in [0.05, 0.1) is 6.54 Å². The number of hydrogen-bond donors (Lipinski definition) is 0. The van der Waals surface area contributed by atoms with Gasteiger partial charge < -0.3 is 14.7 Å². The van der Waals surface area contributed by atoms with Crippen molar-refractivity contribution in [2.75, 3.05) is 39.3 Å². The third-order valence-corrected chi connectivity index (χ3v) is 5.52. The molecule has 142 valence electrons. The highest BCUT2D eigenvalue weighted by Gasteiger charge is 2.24. The zero-order chi connectivity index (χ0) is 18.4. The van der Waals surface area contributed by atoms with Crippen LogP contribution in [0.3, 0.4) is 0 Å². The molecule has 5 nitrogen and oxygen atoms in total. The van der Waals surface area contributed by atoms with E-state index in [2.05, 4.69) is 4.90 Å². The number of carbonyl (C=O) groups excluding carboxylic acids is 2. The lowest BCUT2D eigenvalue weighted by Gasteiger charge is -2.31. The Morgan fingerprint density at radius 1 is 1.04 bits per heavy atom. The van der Waals surface area contributed by atoms with E-state index >= 15 is 0 Å². The molecular formula is C20H28ClN3O2. The zero-order valence-corrected chi connectivity index (χ0v) is 16.1. The molecule has 2 fully saturated rings. The van der Waals surface area contributed by atoms with Crippen molar-refractivity contribution in [2.24, 2.45) is 0 Å². The molecule has 0 atom stereocenters. The second-order valence-electron chi connectivity index (χ2n) is 7.26. The maximum Gasteiger partial charge on any atom is 0.242 e. The van der Waals surface area contributed by atoms with E-state index in [-0.39, 0.29) is 18.4 Å². The monoisotopic (exact) mass is 377 g/mol. The summed E-state index contributed by atoms with van der Waals surface area (Å²) in [5, 5.41) is 0.697. The highest BCUT2D eigenvalue weighted by Crippen LogP contribution is 2.15. The van der Waals surface area contributed by atoms with E-state index in [4.69, 9.17) is 11.6 Å². The van der Waals surface area contributed by atoms with Gasteiger partial charge in [-0.3, -0.25) is 9.59 Å². The summed E-state index contributed by atoms with van der Waals surface area (Å²) in [7, 11) is 0. The Kier molecular flexibility index (Phi) is 6.92. The number of likely N-dealkylation sites (tertiary alicyclic amines) is 2. The molecule has 0 spiro atoms. The van der Waals surface area contributed by atoms with Gasteiger partial charge in [-0.1, -0.05) is 23.7 Å². The van der Waals surface area contributed by atoms with Crippen molar-refractivity contribution in [3.63, 3.8) is 0 Å². The standard InChI is InChI=1S/C20H28ClN3O2/c21-18-8-6-17(7-9-18)15-24(14-13-22-10-3-4-11-22)20(26)16-23-12-2-1-5-19(23)25/h6-9H,1-5,10-16H2. The molecular weight excluding hydrogens is 350 g/mol. The van der Waals surface area contributed by atoms with Crippen LogP contribution >= 0.6 is 11.6 Å². The Morgan fingerprint density at radius 2 is 1.73 bits per heavy atom. The minimum atomic E-state index is 0.0365. The Morgan fingerprint density at radius 3 is 2.42 bits per heavy atom. The predicted octanol–water partition coefficient (Wildman–Crippen LogP) is 2.78. The lowest BCUT2D eigenvalue weighted by Crippen LogP contribution is -2.46.